The third kappa shape index (κ3) is 4.10. The molecule has 0 saturated carbocycles. The highest BCUT2D eigenvalue weighted by Crippen LogP contribution is 2.15. The van der Waals surface area contributed by atoms with Crippen molar-refractivity contribution < 1.29 is 17.7 Å². The largest absolute Gasteiger partial charge is 0.384 e. The van der Waals surface area contributed by atoms with Crippen molar-refractivity contribution in [2.75, 3.05) is 13.7 Å². The molecule has 0 amide bonds. The second kappa shape index (κ2) is 6.79. The van der Waals surface area contributed by atoms with Crippen LogP contribution >= 0.6 is 0 Å². The lowest BCUT2D eigenvalue weighted by molar-refractivity contribution is 0.199. The summed E-state index contributed by atoms with van der Waals surface area (Å²) in [7, 11) is -2.04. The van der Waals surface area contributed by atoms with Gasteiger partial charge in [-0.05, 0) is 19.1 Å². The molecule has 2 rings (SSSR count). The molecule has 1 unspecified atom stereocenters. The maximum Gasteiger partial charge on any atom is 0.244 e. The minimum Gasteiger partial charge on any atom is -0.384 e. The first-order chi connectivity index (χ1) is 10.0. The quantitative estimate of drug-likeness (QED) is 0.828. The number of benzene rings is 1. The third-order valence-corrected chi connectivity index (χ3v) is 4.33. The number of nitrogens with one attached hydrogen (secondary N) is 1. The lowest BCUT2D eigenvalue weighted by Crippen LogP contribution is -2.27. The number of sulfonamides is 1. The molecule has 21 heavy (non-hydrogen) atoms. The smallest absolute Gasteiger partial charge is 0.244 e. The van der Waals surface area contributed by atoms with Gasteiger partial charge in [-0.2, -0.15) is 9.71 Å². The van der Waals surface area contributed by atoms with Crippen LogP contribution in [0.1, 0.15) is 24.7 Å². The first-order valence-electron chi connectivity index (χ1n) is 6.41. The molecular formula is C13H17N3O4S. The summed E-state index contributed by atoms with van der Waals surface area (Å²) in [5.74, 6) is 0.707. The molecule has 1 aromatic heterocycles. The monoisotopic (exact) mass is 311 g/mol. The lowest BCUT2D eigenvalue weighted by Gasteiger charge is -2.10. The van der Waals surface area contributed by atoms with E-state index in [1.165, 1.54) is 12.1 Å². The molecular weight excluding hydrogens is 294 g/mol. The summed E-state index contributed by atoms with van der Waals surface area (Å²) in [4.78, 5) is 4.33. The van der Waals surface area contributed by atoms with E-state index in [2.05, 4.69) is 14.9 Å². The van der Waals surface area contributed by atoms with Crippen molar-refractivity contribution >= 4 is 10.0 Å². The van der Waals surface area contributed by atoms with Crippen LogP contribution in [0.4, 0.5) is 0 Å². The Hall–Kier alpha value is -1.77. The van der Waals surface area contributed by atoms with Gasteiger partial charge < -0.3 is 9.26 Å². The van der Waals surface area contributed by atoms with E-state index >= 15 is 0 Å². The van der Waals surface area contributed by atoms with Crippen molar-refractivity contribution in [2.24, 2.45) is 0 Å². The van der Waals surface area contributed by atoms with E-state index in [1.807, 2.05) is 0 Å². The average molecular weight is 311 g/mol. The van der Waals surface area contributed by atoms with Crippen molar-refractivity contribution in [3.05, 3.63) is 42.0 Å². The fourth-order valence-electron chi connectivity index (χ4n) is 1.69. The van der Waals surface area contributed by atoms with Crippen LogP contribution in [0.5, 0.6) is 0 Å². The van der Waals surface area contributed by atoms with Crippen LogP contribution in [-0.2, 0) is 21.2 Å². The average Bonchev–Trinajstić information content (AvgIpc) is 2.94. The third-order valence-electron chi connectivity index (χ3n) is 2.77. The first kappa shape index (κ1) is 15.6. The van der Waals surface area contributed by atoms with Gasteiger partial charge in [0.1, 0.15) is 0 Å². The van der Waals surface area contributed by atoms with Crippen LogP contribution in [0.25, 0.3) is 0 Å². The number of ether oxygens (including phenoxy) is 1. The van der Waals surface area contributed by atoms with Gasteiger partial charge in [-0.25, -0.2) is 8.42 Å². The zero-order valence-corrected chi connectivity index (χ0v) is 12.6. The molecule has 1 atom stereocenters. The van der Waals surface area contributed by atoms with E-state index in [-0.39, 0.29) is 10.8 Å². The predicted molar refractivity (Wildman–Crippen MR) is 75.1 cm³/mol. The molecule has 0 bridgehead atoms. The van der Waals surface area contributed by atoms with Gasteiger partial charge in [-0.3, -0.25) is 0 Å². The van der Waals surface area contributed by atoms with E-state index in [1.54, 1.807) is 32.2 Å². The van der Waals surface area contributed by atoms with Crippen molar-refractivity contribution in [2.45, 2.75) is 24.3 Å². The van der Waals surface area contributed by atoms with E-state index in [0.29, 0.717) is 18.9 Å². The Kier molecular flexibility index (Phi) is 5.05. The summed E-state index contributed by atoms with van der Waals surface area (Å²) in [6, 6.07) is 7.50. The normalized spacial score (nSPS) is 13.2. The van der Waals surface area contributed by atoms with Crippen molar-refractivity contribution in [1.82, 2.24) is 14.9 Å². The molecule has 2 aromatic rings. The summed E-state index contributed by atoms with van der Waals surface area (Å²) < 4.78 is 36.8. The fourth-order valence-corrected chi connectivity index (χ4v) is 2.91. The molecule has 0 spiro atoms. The zero-order chi connectivity index (χ0) is 15.3. The Labute approximate surface area is 123 Å². The minimum absolute atomic E-state index is 0.191. The number of rotatable bonds is 7. The molecule has 0 aliphatic rings. The van der Waals surface area contributed by atoms with Crippen LogP contribution in [-0.4, -0.2) is 32.3 Å². The van der Waals surface area contributed by atoms with Gasteiger partial charge in [0.05, 0.1) is 17.5 Å². The van der Waals surface area contributed by atoms with Crippen LogP contribution in [0, 0.1) is 0 Å². The topological polar surface area (TPSA) is 94.3 Å². The van der Waals surface area contributed by atoms with E-state index in [9.17, 15) is 8.42 Å². The number of hydrogen-bond acceptors (Lipinski definition) is 6. The zero-order valence-electron chi connectivity index (χ0n) is 11.8. The second-order valence-corrected chi connectivity index (χ2v) is 6.16. The molecule has 0 fully saturated rings. The summed E-state index contributed by atoms with van der Waals surface area (Å²) in [6.45, 7) is 2.12. The number of hydrogen-bond donors (Lipinski definition) is 1. The maximum absolute atomic E-state index is 12.2. The summed E-state index contributed by atoms with van der Waals surface area (Å²) in [5.41, 5.74) is 0. The van der Waals surface area contributed by atoms with Crippen molar-refractivity contribution in [1.29, 1.82) is 0 Å². The Morgan fingerprint density at radius 1 is 1.33 bits per heavy atom. The Balaban J connectivity index is 2.07. The lowest BCUT2D eigenvalue weighted by atomic mass is 10.3. The molecule has 0 radical (unpaired) electrons. The van der Waals surface area contributed by atoms with Crippen LogP contribution in [0.15, 0.2) is 39.8 Å². The molecule has 1 aromatic carbocycles. The molecule has 1 N–H and O–H groups in total. The highest BCUT2D eigenvalue weighted by atomic mass is 32.2. The molecule has 8 heteroatoms. The van der Waals surface area contributed by atoms with E-state index in [0.717, 1.165) is 0 Å². The SMILES string of the molecule is COCCc1noc(C(C)NS(=O)(=O)c2ccccc2)n1. The first-order valence-corrected chi connectivity index (χ1v) is 7.90. The predicted octanol–water partition coefficient (Wildman–Crippen LogP) is 1.30. The van der Waals surface area contributed by atoms with Crippen LogP contribution in [0.3, 0.4) is 0 Å². The van der Waals surface area contributed by atoms with Crippen LogP contribution < -0.4 is 4.72 Å². The molecule has 0 aliphatic heterocycles. The minimum atomic E-state index is -3.62. The number of nitrogens with zero attached hydrogens (tertiary/aromatic N) is 2. The van der Waals surface area contributed by atoms with Crippen molar-refractivity contribution in [3.63, 3.8) is 0 Å². The second-order valence-electron chi connectivity index (χ2n) is 4.45. The maximum atomic E-state index is 12.2. The van der Waals surface area contributed by atoms with Gasteiger partial charge in [0.25, 0.3) is 0 Å². The standard InChI is InChI=1S/C13H17N3O4S/c1-10(13-14-12(15-20-13)8-9-19-2)16-21(17,18)11-6-4-3-5-7-11/h3-7,10,16H,8-9H2,1-2H3. The van der Waals surface area contributed by atoms with Gasteiger partial charge in [0, 0.05) is 13.5 Å². The number of aromatic nitrogens is 2. The highest BCUT2D eigenvalue weighted by molar-refractivity contribution is 7.89. The van der Waals surface area contributed by atoms with E-state index in [4.69, 9.17) is 9.26 Å². The Morgan fingerprint density at radius 2 is 2.05 bits per heavy atom. The fraction of sp³-hybridized carbons (Fsp3) is 0.385. The Bertz CT molecular complexity index is 670. The van der Waals surface area contributed by atoms with Gasteiger partial charge in [0.2, 0.25) is 15.9 Å². The van der Waals surface area contributed by atoms with Gasteiger partial charge in [-0.15, -0.1) is 0 Å². The summed E-state index contributed by atoms with van der Waals surface area (Å²) in [6.07, 6.45) is 0.512. The van der Waals surface area contributed by atoms with Gasteiger partial charge in [0.15, 0.2) is 5.82 Å². The summed E-state index contributed by atoms with van der Waals surface area (Å²) >= 11 is 0. The van der Waals surface area contributed by atoms with E-state index < -0.39 is 16.1 Å². The van der Waals surface area contributed by atoms with Crippen molar-refractivity contribution in [3.8, 4) is 0 Å². The summed E-state index contributed by atoms with van der Waals surface area (Å²) in [5, 5.41) is 3.78. The highest BCUT2D eigenvalue weighted by Gasteiger charge is 2.22. The molecule has 0 aliphatic carbocycles. The number of methoxy groups -OCH3 is 1. The van der Waals surface area contributed by atoms with Gasteiger partial charge >= 0.3 is 0 Å². The molecule has 7 nitrogen and oxygen atoms in total. The molecule has 114 valence electrons. The molecule has 1 heterocycles. The van der Waals surface area contributed by atoms with Gasteiger partial charge in [-0.1, -0.05) is 23.4 Å². The molecule has 0 saturated heterocycles. The van der Waals surface area contributed by atoms with Crippen LogP contribution in [0.2, 0.25) is 0 Å². The Morgan fingerprint density at radius 3 is 2.71 bits per heavy atom.